The van der Waals surface area contributed by atoms with Crippen LogP contribution in [-0.4, -0.2) is 22.9 Å². The number of thiol groups is 1. The molecule has 0 bridgehead atoms. The normalized spacial score (nSPS) is 21.5. The first kappa shape index (κ1) is 8.31. The quantitative estimate of drug-likeness (QED) is 0.674. The predicted molar refractivity (Wildman–Crippen MR) is 54.7 cm³/mol. The van der Waals surface area contributed by atoms with E-state index < -0.39 is 5.97 Å². The second-order valence-electron chi connectivity index (χ2n) is 2.86. The Morgan fingerprint density at radius 1 is 1.54 bits per heavy atom. The zero-order valence-electron chi connectivity index (χ0n) is 7.06. The van der Waals surface area contributed by atoms with E-state index in [0.717, 1.165) is 10.6 Å². The Hall–Kier alpha value is -1.29. The fraction of sp³-hybridized carbons (Fsp3) is 0.111. The van der Waals surface area contributed by atoms with Gasteiger partial charge in [-0.05, 0) is 24.5 Å². The number of fused-ring (bicyclic) bond motifs is 1. The van der Waals surface area contributed by atoms with Crippen molar-refractivity contribution in [3.63, 3.8) is 0 Å². The van der Waals surface area contributed by atoms with Crippen LogP contribution in [0, 0.1) is 0 Å². The molecule has 0 radical (unpaired) electrons. The SMILES string of the molecule is C[SH]1C=Nc2ccc(C(=O)O)cc21. The summed E-state index contributed by atoms with van der Waals surface area (Å²) < 4.78 is 0. The molecule has 0 amide bonds. The fourth-order valence-electron chi connectivity index (χ4n) is 1.26. The van der Waals surface area contributed by atoms with E-state index in [2.05, 4.69) is 11.2 Å². The minimum atomic E-state index is -0.877. The Bertz CT molecular complexity index is 401. The second kappa shape index (κ2) is 2.88. The van der Waals surface area contributed by atoms with E-state index >= 15 is 0 Å². The number of rotatable bonds is 1. The minimum Gasteiger partial charge on any atom is -0.478 e. The highest BCUT2D eigenvalue weighted by Gasteiger charge is 2.13. The molecule has 0 saturated carbocycles. The van der Waals surface area contributed by atoms with Crippen LogP contribution in [0.3, 0.4) is 0 Å². The Morgan fingerprint density at radius 3 is 3.00 bits per heavy atom. The van der Waals surface area contributed by atoms with Crippen molar-refractivity contribution in [2.24, 2.45) is 4.99 Å². The third kappa shape index (κ3) is 1.33. The number of nitrogens with zero attached hydrogens (tertiary/aromatic N) is 1. The summed E-state index contributed by atoms with van der Waals surface area (Å²) in [7, 11) is -0.377. The summed E-state index contributed by atoms with van der Waals surface area (Å²) in [5.74, 6) is -0.877. The molecule has 4 heteroatoms. The number of carboxylic acid groups (broad SMARTS) is 1. The number of aromatic carboxylic acids is 1. The van der Waals surface area contributed by atoms with Gasteiger partial charge >= 0.3 is 5.97 Å². The van der Waals surface area contributed by atoms with E-state index in [4.69, 9.17) is 5.11 Å². The van der Waals surface area contributed by atoms with Gasteiger partial charge < -0.3 is 5.11 Å². The van der Waals surface area contributed by atoms with Gasteiger partial charge in [-0.3, -0.25) is 4.99 Å². The molecule has 68 valence electrons. The number of carbonyl (C=O) groups is 1. The number of hydrogen-bond acceptors (Lipinski definition) is 2. The minimum absolute atomic E-state index is 0.346. The highest BCUT2D eigenvalue weighted by molar-refractivity contribution is 8.28. The smallest absolute Gasteiger partial charge is 0.335 e. The topological polar surface area (TPSA) is 49.7 Å². The maximum Gasteiger partial charge on any atom is 0.335 e. The van der Waals surface area contributed by atoms with Crippen LogP contribution < -0.4 is 0 Å². The molecule has 1 heterocycles. The monoisotopic (exact) mass is 195 g/mol. The van der Waals surface area contributed by atoms with Crippen molar-refractivity contribution >= 4 is 28.1 Å². The number of carboxylic acids is 1. The number of hydrogen-bond donors (Lipinski definition) is 2. The molecular formula is C9H9NO2S. The van der Waals surface area contributed by atoms with Crippen molar-refractivity contribution in [3.05, 3.63) is 23.8 Å². The standard InChI is InChI=1S/C9H9NO2S/c1-13-5-10-7-3-2-6(9(11)12)4-8(7)13/h2-5,13H,1H3,(H,11,12). The zero-order chi connectivity index (χ0) is 9.42. The van der Waals surface area contributed by atoms with E-state index in [1.807, 2.05) is 5.55 Å². The molecule has 1 aromatic carbocycles. The molecule has 3 nitrogen and oxygen atoms in total. The van der Waals surface area contributed by atoms with Crippen molar-refractivity contribution < 1.29 is 9.90 Å². The lowest BCUT2D eigenvalue weighted by Gasteiger charge is -2.06. The van der Waals surface area contributed by atoms with Crippen molar-refractivity contribution in [1.29, 1.82) is 0 Å². The lowest BCUT2D eigenvalue weighted by Crippen LogP contribution is -1.95. The molecule has 0 fully saturated rings. The molecule has 2 rings (SSSR count). The molecule has 1 aliphatic heterocycles. The van der Waals surface area contributed by atoms with E-state index in [1.54, 1.807) is 18.2 Å². The van der Waals surface area contributed by atoms with Crippen LogP contribution in [0.1, 0.15) is 10.4 Å². The Balaban J connectivity index is 2.51. The first-order chi connectivity index (χ1) is 6.18. The van der Waals surface area contributed by atoms with Crippen molar-refractivity contribution in [1.82, 2.24) is 0 Å². The summed E-state index contributed by atoms with van der Waals surface area (Å²) >= 11 is 0. The molecule has 1 N–H and O–H groups in total. The third-order valence-corrected chi connectivity index (χ3v) is 3.55. The molecule has 0 spiro atoms. The van der Waals surface area contributed by atoms with Gasteiger partial charge in [0.2, 0.25) is 0 Å². The van der Waals surface area contributed by atoms with Crippen LogP contribution in [0.25, 0.3) is 0 Å². The van der Waals surface area contributed by atoms with Crippen molar-refractivity contribution in [3.8, 4) is 0 Å². The summed E-state index contributed by atoms with van der Waals surface area (Å²) in [5, 5.41) is 8.77. The van der Waals surface area contributed by atoms with Crippen LogP contribution >= 0.6 is 10.9 Å². The summed E-state index contributed by atoms with van der Waals surface area (Å²) in [6.45, 7) is 0. The van der Waals surface area contributed by atoms with Crippen molar-refractivity contribution in [2.75, 3.05) is 6.26 Å². The molecule has 0 saturated heterocycles. The van der Waals surface area contributed by atoms with Gasteiger partial charge in [0.05, 0.1) is 11.3 Å². The summed E-state index contributed by atoms with van der Waals surface area (Å²) in [6, 6.07) is 5.07. The Morgan fingerprint density at radius 2 is 2.31 bits per heavy atom. The van der Waals surface area contributed by atoms with E-state index in [-0.39, 0.29) is 10.9 Å². The molecule has 0 aliphatic carbocycles. The van der Waals surface area contributed by atoms with E-state index in [9.17, 15) is 4.79 Å². The maximum atomic E-state index is 10.7. The molecule has 0 aromatic heterocycles. The fourth-order valence-corrected chi connectivity index (χ4v) is 2.52. The van der Waals surface area contributed by atoms with Crippen LogP contribution in [0.4, 0.5) is 5.69 Å². The van der Waals surface area contributed by atoms with Gasteiger partial charge in [-0.2, -0.15) is 10.9 Å². The van der Waals surface area contributed by atoms with Gasteiger partial charge in [-0.1, -0.05) is 0 Å². The van der Waals surface area contributed by atoms with E-state index in [0.29, 0.717) is 5.56 Å². The first-order valence-electron chi connectivity index (χ1n) is 3.83. The maximum absolute atomic E-state index is 10.7. The van der Waals surface area contributed by atoms with Crippen LogP contribution in [0.5, 0.6) is 0 Å². The Labute approximate surface area is 78.5 Å². The van der Waals surface area contributed by atoms with Crippen molar-refractivity contribution in [2.45, 2.75) is 4.90 Å². The first-order valence-corrected chi connectivity index (χ1v) is 5.68. The zero-order valence-corrected chi connectivity index (χ0v) is 7.95. The van der Waals surface area contributed by atoms with Gasteiger partial charge in [0, 0.05) is 10.4 Å². The molecule has 13 heavy (non-hydrogen) atoms. The molecule has 1 aromatic rings. The lowest BCUT2D eigenvalue weighted by atomic mass is 10.2. The predicted octanol–water partition coefficient (Wildman–Crippen LogP) is 2.05. The number of benzene rings is 1. The molecular weight excluding hydrogens is 186 g/mol. The second-order valence-corrected chi connectivity index (χ2v) is 4.80. The summed E-state index contributed by atoms with van der Waals surface area (Å²) in [4.78, 5) is 15.9. The van der Waals surface area contributed by atoms with Gasteiger partial charge in [0.1, 0.15) is 0 Å². The third-order valence-electron chi connectivity index (χ3n) is 1.97. The van der Waals surface area contributed by atoms with Crippen LogP contribution in [0.15, 0.2) is 28.1 Å². The number of aliphatic imine (C=N–C) groups is 1. The molecule has 1 aliphatic rings. The molecule has 1 atom stereocenters. The van der Waals surface area contributed by atoms with Crippen LogP contribution in [0.2, 0.25) is 0 Å². The average molecular weight is 195 g/mol. The molecule has 1 unspecified atom stereocenters. The van der Waals surface area contributed by atoms with Gasteiger partial charge in [0.15, 0.2) is 0 Å². The lowest BCUT2D eigenvalue weighted by molar-refractivity contribution is 0.0696. The summed E-state index contributed by atoms with van der Waals surface area (Å²) in [6.07, 6.45) is 2.07. The highest BCUT2D eigenvalue weighted by Crippen LogP contribution is 2.43. The largest absolute Gasteiger partial charge is 0.478 e. The summed E-state index contributed by atoms with van der Waals surface area (Å²) in [5.41, 5.74) is 3.16. The van der Waals surface area contributed by atoms with Crippen LogP contribution in [-0.2, 0) is 0 Å². The highest BCUT2D eigenvalue weighted by atomic mass is 32.2. The van der Waals surface area contributed by atoms with E-state index in [1.165, 1.54) is 0 Å². The Kier molecular flexibility index (Phi) is 1.84. The van der Waals surface area contributed by atoms with Gasteiger partial charge in [-0.15, -0.1) is 0 Å². The average Bonchev–Trinajstić information content (AvgIpc) is 2.47. The van der Waals surface area contributed by atoms with Gasteiger partial charge in [-0.25, -0.2) is 4.79 Å². The van der Waals surface area contributed by atoms with Gasteiger partial charge in [0.25, 0.3) is 0 Å².